The van der Waals surface area contributed by atoms with Crippen molar-refractivity contribution in [3.05, 3.63) is 62.6 Å². The largest absolute Gasteiger partial charge is 0.481 e. The monoisotopic (exact) mass is 647 g/mol. The normalized spacial score (nSPS) is 11.8. The molecule has 1 aromatic heterocycles. The van der Waals surface area contributed by atoms with Crippen molar-refractivity contribution >= 4 is 62.4 Å². The number of aliphatic carboxylic acids is 1. The van der Waals surface area contributed by atoms with Crippen molar-refractivity contribution in [2.24, 2.45) is 0 Å². The molecule has 0 saturated heterocycles. The summed E-state index contributed by atoms with van der Waals surface area (Å²) in [5.41, 5.74) is 0.947. The maximum atomic E-state index is 15.4. The maximum absolute atomic E-state index is 15.4. The van der Waals surface area contributed by atoms with Crippen LogP contribution >= 0.6 is 34.5 Å². The molecule has 1 amide bonds. The van der Waals surface area contributed by atoms with Gasteiger partial charge in [-0.15, -0.1) is 15.6 Å². The van der Waals surface area contributed by atoms with Crippen molar-refractivity contribution in [2.45, 2.75) is 50.5 Å². The van der Waals surface area contributed by atoms with Crippen LogP contribution < -0.4 is 14.4 Å². The zero-order valence-corrected chi connectivity index (χ0v) is 25.5. The number of hydrogen-bond donors (Lipinski definition) is 2. The number of anilines is 1. The van der Waals surface area contributed by atoms with Gasteiger partial charge in [-0.2, -0.15) is 0 Å². The second-order valence-corrected chi connectivity index (χ2v) is 13.0. The van der Waals surface area contributed by atoms with Crippen molar-refractivity contribution in [3.8, 4) is 11.5 Å². The molecule has 1 heterocycles. The zero-order chi connectivity index (χ0) is 30.4. The summed E-state index contributed by atoms with van der Waals surface area (Å²) in [6.45, 7) is 5.53. The number of aryl methyl sites for hydroxylation is 1. The number of benzene rings is 2. The van der Waals surface area contributed by atoms with Crippen molar-refractivity contribution in [1.82, 2.24) is 10.3 Å². The van der Waals surface area contributed by atoms with Crippen LogP contribution in [0.1, 0.15) is 39.2 Å². The van der Waals surface area contributed by atoms with Gasteiger partial charge in [0.15, 0.2) is 5.82 Å². The first kappa shape index (κ1) is 32.5. The lowest BCUT2D eigenvalue weighted by Gasteiger charge is -2.26. The number of aromatic nitrogens is 1. The highest BCUT2D eigenvalue weighted by Gasteiger charge is 2.38. The molecule has 3 aromatic rings. The predicted octanol–water partition coefficient (Wildman–Crippen LogP) is 6.51. The lowest BCUT2D eigenvalue weighted by molar-refractivity contribution is -0.136. The SMILES string of the molecule is CC(C)(C)OC(=O)N(c1cscn1)S(=O)(=O)c1cc(Cl)c(Oc2ccc(Cl)cc2CCCNCCC(=O)O)cc1F. The highest BCUT2D eigenvalue weighted by Crippen LogP contribution is 2.37. The number of carbonyl (C=O) groups excluding carboxylic acids is 1. The first-order valence-electron chi connectivity index (χ1n) is 12.2. The van der Waals surface area contributed by atoms with E-state index < -0.39 is 38.4 Å². The summed E-state index contributed by atoms with van der Waals surface area (Å²) in [4.78, 5) is 26.5. The predicted molar refractivity (Wildman–Crippen MR) is 154 cm³/mol. The Morgan fingerprint density at radius 1 is 1.15 bits per heavy atom. The molecule has 0 unspecified atom stereocenters. The van der Waals surface area contributed by atoms with Crippen molar-refractivity contribution in [1.29, 1.82) is 0 Å². The van der Waals surface area contributed by atoms with E-state index in [0.29, 0.717) is 42.3 Å². The zero-order valence-electron chi connectivity index (χ0n) is 22.3. The molecular formula is C26H28Cl2FN3O7S2. The molecule has 0 aliphatic carbocycles. The first-order valence-corrected chi connectivity index (χ1v) is 15.4. The van der Waals surface area contributed by atoms with Crippen LogP contribution in [-0.4, -0.2) is 49.3 Å². The maximum Gasteiger partial charge on any atom is 0.430 e. The van der Waals surface area contributed by atoms with Crippen LogP contribution in [0.5, 0.6) is 11.5 Å². The van der Waals surface area contributed by atoms with Gasteiger partial charge < -0.3 is 19.9 Å². The molecule has 2 aromatic carbocycles. The standard InChI is InChI=1S/C26H28Cl2FN3O7S2/c1-26(2,3)39-25(35)32(23-14-40-15-31-23)41(36,37)22-12-18(28)21(13-19(22)29)38-20-7-6-17(27)11-16(20)5-4-9-30-10-8-24(33)34/h6-7,11-15,30H,4-5,8-10H2,1-3H3,(H,33,34). The van der Waals surface area contributed by atoms with E-state index in [0.717, 1.165) is 23.5 Å². The summed E-state index contributed by atoms with van der Waals surface area (Å²) in [6.07, 6.45) is -0.156. The lowest BCUT2D eigenvalue weighted by atomic mass is 10.1. The second-order valence-electron chi connectivity index (χ2n) is 9.66. The molecule has 0 spiro atoms. The number of halogens is 3. The molecule has 0 aliphatic rings. The molecule has 10 nitrogen and oxygen atoms in total. The Hall–Kier alpha value is -2.97. The van der Waals surface area contributed by atoms with Gasteiger partial charge in [-0.1, -0.05) is 23.2 Å². The van der Waals surface area contributed by atoms with E-state index in [9.17, 15) is 18.0 Å². The molecule has 0 aliphatic heterocycles. The average molecular weight is 649 g/mol. The Bertz CT molecular complexity index is 1500. The summed E-state index contributed by atoms with van der Waals surface area (Å²) in [6, 6.07) is 6.48. The number of nitrogens with zero attached hydrogens (tertiary/aromatic N) is 2. The van der Waals surface area contributed by atoms with E-state index in [2.05, 4.69) is 10.3 Å². The average Bonchev–Trinajstić information content (AvgIpc) is 3.37. The topological polar surface area (TPSA) is 135 Å². The fourth-order valence-corrected chi connectivity index (χ4v) is 5.89. The summed E-state index contributed by atoms with van der Waals surface area (Å²) in [7, 11) is -4.85. The van der Waals surface area contributed by atoms with Crippen LogP contribution in [0.2, 0.25) is 10.0 Å². The van der Waals surface area contributed by atoms with Gasteiger partial charge in [0.2, 0.25) is 0 Å². The number of carbonyl (C=O) groups is 2. The smallest absolute Gasteiger partial charge is 0.430 e. The van der Waals surface area contributed by atoms with Gasteiger partial charge in [0.25, 0.3) is 10.0 Å². The van der Waals surface area contributed by atoms with Gasteiger partial charge >= 0.3 is 12.1 Å². The molecule has 0 fully saturated rings. The van der Waals surface area contributed by atoms with Gasteiger partial charge in [0.05, 0.1) is 17.0 Å². The molecule has 0 atom stereocenters. The number of amides is 1. The van der Waals surface area contributed by atoms with Gasteiger partial charge in [0.1, 0.15) is 27.8 Å². The minimum atomic E-state index is -4.85. The van der Waals surface area contributed by atoms with Gasteiger partial charge in [-0.05, 0) is 70.0 Å². The van der Waals surface area contributed by atoms with Crippen LogP contribution in [0.15, 0.2) is 46.1 Å². The van der Waals surface area contributed by atoms with Crippen molar-refractivity contribution < 1.29 is 37.0 Å². The van der Waals surface area contributed by atoms with Gasteiger partial charge in [-0.25, -0.2) is 22.6 Å². The number of carboxylic acids is 1. The summed E-state index contributed by atoms with van der Waals surface area (Å²) < 4.78 is 53.8. The molecule has 41 heavy (non-hydrogen) atoms. The third-order valence-electron chi connectivity index (χ3n) is 5.25. The molecule has 0 radical (unpaired) electrons. The number of thiazole rings is 1. The summed E-state index contributed by atoms with van der Waals surface area (Å²) in [5.74, 6) is -2.22. The van der Waals surface area contributed by atoms with E-state index in [1.807, 2.05) is 0 Å². The van der Waals surface area contributed by atoms with E-state index in [4.69, 9.17) is 37.8 Å². The summed E-state index contributed by atoms with van der Waals surface area (Å²) >= 11 is 13.5. The van der Waals surface area contributed by atoms with Crippen molar-refractivity contribution in [3.63, 3.8) is 0 Å². The number of carboxylic acid groups (broad SMARTS) is 1. The number of nitrogens with one attached hydrogen (secondary N) is 1. The Balaban J connectivity index is 1.87. The van der Waals surface area contributed by atoms with Crippen LogP contribution in [-0.2, 0) is 26.0 Å². The van der Waals surface area contributed by atoms with E-state index in [-0.39, 0.29) is 27.3 Å². The molecule has 222 valence electrons. The lowest BCUT2D eigenvalue weighted by Crippen LogP contribution is -2.41. The highest BCUT2D eigenvalue weighted by atomic mass is 35.5. The molecule has 2 N–H and O–H groups in total. The van der Waals surface area contributed by atoms with E-state index >= 15 is 4.39 Å². The minimum Gasteiger partial charge on any atom is -0.481 e. The Kier molecular flexibility index (Phi) is 11.0. The quantitative estimate of drug-likeness (QED) is 0.211. The first-order chi connectivity index (χ1) is 19.2. The molecule has 0 saturated carbocycles. The second kappa shape index (κ2) is 13.8. The Labute approximate surface area is 251 Å². The third-order valence-corrected chi connectivity index (χ3v) is 8.04. The Morgan fingerprint density at radius 2 is 1.88 bits per heavy atom. The molecular weight excluding hydrogens is 620 g/mol. The number of hydrogen-bond acceptors (Lipinski definition) is 9. The van der Waals surface area contributed by atoms with Gasteiger partial charge in [-0.3, -0.25) is 4.79 Å². The molecule has 3 rings (SSSR count). The van der Waals surface area contributed by atoms with Crippen LogP contribution in [0.25, 0.3) is 0 Å². The Morgan fingerprint density at radius 3 is 2.51 bits per heavy atom. The molecule has 15 heteroatoms. The third kappa shape index (κ3) is 9.01. The molecule has 0 bridgehead atoms. The van der Waals surface area contributed by atoms with Crippen LogP contribution in [0.3, 0.4) is 0 Å². The van der Waals surface area contributed by atoms with Crippen LogP contribution in [0, 0.1) is 5.82 Å². The van der Waals surface area contributed by atoms with Crippen LogP contribution in [0.4, 0.5) is 15.0 Å². The summed E-state index contributed by atoms with van der Waals surface area (Å²) in [5, 5.41) is 13.3. The van der Waals surface area contributed by atoms with Crippen molar-refractivity contribution in [2.75, 3.05) is 17.4 Å². The number of rotatable bonds is 12. The number of sulfonamides is 1. The minimum absolute atomic E-state index is 0.000609. The van der Waals surface area contributed by atoms with E-state index in [1.165, 1.54) is 10.9 Å². The van der Waals surface area contributed by atoms with Gasteiger partial charge in [0, 0.05) is 23.0 Å². The van der Waals surface area contributed by atoms with E-state index in [1.54, 1.807) is 39.0 Å². The fraction of sp³-hybridized carbons (Fsp3) is 0.346. The number of ether oxygens (including phenoxy) is 2. The fourth-order valence-electron chi connectivity index (χ4n) is 3.49. The highest BCUT2D eigenvalue weighted by molar-refractivity contribution is 7.93.